The predicted molar refractivity (Wildman–Crippen MR) is 147 cm³/mol. The fourth-order valence-electron chi connectivity index (χ4n) is 8.96. The van der Waals surface area contributed by atoms with Crippen LogP contribution >= 0.6 is 12.6 Å². The number of rotatable bonds is 4. The summed E-state index contributed by atoms with van der Waals surface area (Å²) in [5, 5.41) is 16.0. The number of fused-ring (bicyclic) bond motifs is 6. The van der Waals surface area contributed by atoms with E-state index in [0.717, 1.165) is 30.5 Å². The summed E-state index contributed by atoms with van der Waals surface area (Å²) >= 11 is 4.24. The van der Waals surface area contributed by atoms with Gasteiger partial charge in [-0.3, -0.25) is 4.79 Å². The van der Waals surface area contributed by atoms with Crippen LogP contribution in [0.3, 0.4) is 0 Å². The molecule has 0 bridgehead atoms. The number of hydrogen-bond acceptors (Lipinski definition) is 8. The van der Waals surface area contributed by atoms with Crippen LogP contribution in [-0.4, -0.2) is 47.6 Å². The molecule has 3 fully saturated rings. The first-order chi connectivity index (χ1) is 19.6. The minimum Gasteiger partial charge on any atom is -0.451 e. The number of carbonyl (C=O) groups is 2. The van der Waals surface area contributed by atoms with E-state index in [4.69, 9.17) is 9.15 Å². The van der Waals surface area contributed by atoms with Gasteiger partial charge in [-0.05, 0) is 85.5 Å². The van der Waals surface area contributed by atoms with E-state index in [2.05, 4.69) is 40.7 Å². The summed E-state index contributed by atoms with van der Waals surface area (Å²) in [6.07, 6.45) is 10.9. The van der Waals surface area contributed by atoms with E-state index in [1.807, 2.05) is 13.1 Å². The fraction of sp³-hybridized carbons (Fsp3) is 0.500. The SMILES string of the molecule is C[C@]12Cc3cnn(-c4ccc(F)nc4)c3C=C1CC[C@@H]1[C@@H]2[C@@H](O)C[C@@]2(C)[C@H]1CC[C@]2(OC(=O)c1cocn1)C(=O)S. The Hall–Kier alpha value is -3.31. The lowest BCUT2D eigenvalue weighted by Crippen LogP contribution is -2.62. The van der Waals surface area contributed by atoms with E-state index in [0.29, 0.717) is 31.4 Å². The summed E-state index contributed by atoms with van der Waals surface area (Å²) in [4.78, 5) is 33.9. The first-order valence-electron chi connectivity index (χ1n) is 14.0. The van der Waals surface area contributed by atoms with Gasteiger partial charge in [0.05, 0.1) is 29.9 Å². The number of aromatic nitrogens is 4. The molecule has 4 aliphatic rings. The molecule has 0 aliphatic heterocycles. The number of aliphatic hydroxyl groups excluding tert-OH is 1. The van der Waals surface area contributed by atoms with Gasteiger partial charge in [0, 0.05) is 5.41 Å². The van der Waals surface area contributed by atoms with Crippen LogP contribution in [0, 0.1) is 34.5 Å². The summed E-state index contributed by atoms with van der Waals surface area (Å²) < 4.78 is 26.2. The molecule has 3 aromatic rings. The summed E-state index contributed by atoms with van der Waals surface area (Å²) in [6.45, 7) is 4.21. The maximum Gasteiger partial charge on any atom is 0.361 e. The Morgan fingerprint density at radius 2 is 2.05 bits per heavy atom. The molecule has 3 aromatic heterocycles. The van der Waals surface area contributed by atoms with Gasteiger partial charge in [0.15, 0.2) is 17.7 Å². The third kappa shape index (κ3) is 3.67. The number of hydrogen-bond donors (Lipinski definition) is 2. The minimum atomic E-state index is -1.47. The second-order valence-electron chi connectivity index (χ2n) is 12.5. The van der Waals surface area contributed by atoms with Crippen LogP contribution < -0.4 is 0 Å². The van der Waals surface area contributed by atoms with Crippen LogP contribution in [0.25, 0.3) is 11.8 Å². The highest BCUT2D eigenvalue weighted by atomic mass is 32.1. The van der Waals surface area contributed by atoms with Gasteiger partial charge >= 0.3 is 5.97 Å². The largest absolute Gasteiger partial charge is 0.451 e. The van der Waals surface area contributed by atoms with E-state index in [9.17, 15) is 19.1 Å². The molecule has 0 spiro atoms. The number of thiol groups is 1. The molecule has 3 heterocycles. The number of oxazole rings is 1. The van der Waals surface area contributed by atoms with Crippen molar-refractivity contribution in [3.05, 3.63) is 65.7 Å². The van der Waals surface area contributed by atoms with Crippen LogP contribution in [0.1, 0.15) is 67.7 Å². The van der Waals surface area contributed by atoms with Crippen molar-refractivity contribution < 1.29 is 28.2 Å². The molecule has 3 saturated carbocycles. The van der Waals surface area contributed by atoms with E-state index < -0.39 is 34.2 Å². The van der Waals surface area contributed by atoms with Crippen molar-refractivity contribution in [2.24, 2.45) is 28.6 Å². The lowest BCUT2D eigenvalue weighted by atomic mass is 9.45. The van der Waals surface area contributed by atoms with E-state index >= 15 is 0 Å². The highest BCUT2D eigenvalue weighted by Gasteiger charge is 2.70. The number of aliphatic hydroxyl groups is 1. The number of ether oxygens (including phenoxy) is 1. The number of esters is 1. The Morgan fingerprint density at radius 1 is 1.22 bits per heavy atom. The maximum atomic E-state index is 13.4. The molecule has 9 nitrogen and oxygen atoms in total. The molecule has 1 N–H and O–H groups in total. The molecule has 7 atom stereocenters. The average molecular weight is 579 g/mol. The van der Waals surface area contributed by atoms with E-state index in [1.54, 1.807) is 10.7 Å². The molecule has 0 unspecified atom stereocenters. The third-order valence-corrected chi connectivity index (χ3v) is 11.1. The van der Waals surface area contributed by atoms with Crippen molar-refractivity contribution in [1.29, 1.82) is 0 Å². The molecule has 0 aromatic carbocycles. The van der Waals surface area contributed by atoms with Gasteiger partial charge < -0.3 is 14.3 Å². The molecule has 0 saturated heterocycles. The first-order valence-corrected chi connectivity index (χ1v) is 14.4. The molecular weight excluding hydrogens is 547 g/mol. The molecular formula is C30H31FN4O5S. The Kier molecular flexibility index (Phi) is 5.90. The molecule has 11 heteroatoms. The fourth-order valence-corrected chi connectivity index (χ4v) is 9.37. The van der Waals surface area contributed by atoms with E-state index in [1.165, 1.54) is 24.1 Å². The quantitative estimate of drug-likeness (QED) is 0.262. The molecule has 4 aliphatic carbocycles. The Labute approximate surface area is 241 Å². The minimum absolute atomic E-state index is 0.00447. The highest BCUT2D eigenvalue weighted by Crippen LogP contribution is 2.68. The van der Waals surface area contributed by atoms with Crippen LogP contribution in [0.15, 0.2) is 47.2 Å². The monoisotopic (exact) mass is 578 g/mol. The lowest BCUT2D eigenvalue weighted by Gasteiger charge is -2.60. The summed E-state index contributed by atoms with van der Waals surface area (Å²) in [6, 6.07) is 2.99. The van der Waals surface area contributed by atoms with Crippen LogP contribution in [-0.2, 0) is 16.0 Å². The second-order valence-corrected chi connectivity index (χ2v) is 12.9. The number of nitrogens with zero attached hydrogens (tertiary/aromatic N) is 4. The zero-order valence-electron chi connectivity index (χ0n) is 22.8. The maximum absolute atomic E-state index is 13.4. The van der Waals surface area contributed by atoms with Gasteiger partial charge in [-0.1, -0.05) is 19.4 Å². The number of carbonyl (C=O) groups excluding carboxylic acids is 2. The predicted octanol–water partition coefficient (Wildman–Crippen LogP) is 4.60. The third-order valence-electron chi connectivity index (χ3n) is 10.8. The number of allylic oxidation sites excluding steroid dienone is 1. The number of pyridine rings is 1. The van der Waals surface area contributed by atoms with E-state index in [-0.39, 0.29) is 28.9 Å². The molecule has 41 heavy (non-hydrogen) atoms. The molecule has 7 rings (SSSR count). The summed E-state index contributed by atoms with van der Waals surface area (Å²) in [7, 11) is 0. The zero-order chi connectivity index (χ0) is 28.7. The zero-order valence-corrected chi connectivity index (χ0v) is 23.7. The first kappa shape index (κ1) is 26.6. The Bertz CT molecular complexity index is 1570. The van der Waals surface area contributed by atoms with Crippen LogP contribution in [0.2, 0.25) is 0 Å². The normalized spacial score (nSPS) is 35.5. The summed E-state index contributed by atoms with van der Waals surface area (Å²) in [5.74, 6) is -1.12. The van der Waals surface area contributed by atoms with Crippen molar-refractivity contribution in [2.75, 3.05) is 0 Å². The van der Waals surface area contributed by atoms with Crippen molar-refractivity contribution in [3.8, 4) is 5.69 Å². The summed E-state index contributed by atoms with van der Waals surface area (Å²) in [5.41, 5.74) is 1.41. The highest BCUT2D eigenvalue weighted by molar-refractivity contribution is 7.96. The second kappa shape index (κ2) is 9.09. The van der Waals surface area contributed by atoms with Crippen molar-refractivity contribution in [3.63, 3.8) is 0 Å². The van der Waals surface area contributed by atoms with Gasteiger partial charge in [-0.2, -0.15) is 9.49 Å². The van der Waals surface area contributed by atoms with Gasteiger partial charge in [0.25, 0.3) is 0 Å². The van der Waals surface area contributed by atoms with Crippen molar-refractivity contribution in [1.82, 2.24) is 19.7 Å². The van der Waals surface area contributed by atoms with Crippen LogP contribution in [0.4, 0.5) is 4.39 Å². The molecule has 214 valence electrons. The Balaban J connectivity index is 1.22. The van der Waals surface area contributed by atoms with Gasteiger partial charge in [-0.25, -0.2) is 19.4 Å². The molecule has 0 radical (unpaired) electrons. The Morgan fingerprint density at radius 3 is 2.76 bits per heavy atom. The van der Waals surface area contributed by atoms with Crippen molar-refractivity contribution in [2.45, 2.75) is 64.1 Å². The average Bonchev–Trinajstić information content (AvgIpc) is 3.66. The van der Waals surface area contributed by atoms with Crippen molar-refractivity contribution >= 4 is 29.8 Å². The topological polar surface area (TPSA) is 120 Å². The molecule has 0 amide bonds. The van der Waals surface area contributed by atoms with Gasteiger partial charge in [0.1, 0.15) is 6.26 Å². The number of halogens is 1. The standard InChI is InChI=1S/C30H31FN4O5S/c1-28-10-16-12-34-35(18-4-6-24(31)32-13-18)22(16)9-17(28)3-5-19-20-7-8-30(27(38)41,29(20,2)11-23(36)25(19)28)40-26(37)21-14-39-15-33-21/h4,6,9,12-15,19-20,23,25,36H,3,5,7-8,10-11H2,1-2H3,(H,38,41)/t19-,20-,23-,25+,28-,29-,30-/m0/s1. The smallest absolute Gasteiger partial charge is 0.361 e. The van der Waals surface area contributed by atoms with Gasteiger partial charge in [0.2, 0.25) is 11.1 Å². The van der Waals surface area contributed by atoms with Gasteiger partial charge in [-0.15, -0.1) is 12.6 Å². The lowest BCUT2D eigenvalue weighted by molar-refractivity contribution is -0.174. The van der Waals surface area contributed by atoms with Crippen LogP contribution in [0.5, 0.6) is 0 Å².